The van der Waals surface area contributed by atoms with Crippen LogP contribution in [0.25, 0.3) is 0 Å². The van der Waals surface area contributed by atoms with Crippen LogP contribution in [0.5, 0.6) is 0 Å². The first kappa shape index (κ1) is 27.4. The molecule has 208 valence electrons. The van der Waals surface area contributed by atoms with Gasteiger partial charge in [0.15, 0.2) is 0 Å². The summed E-state index contributed by atoms with van der Waals surface area (Å²) in [7, 11) is 0. The number of hydrogen-bond donors (Lipinski definition) is 0. The van der Waals surface area contributed by atoms with Crippen LogP contribution >= 0.6 is 0 Å². The zero-order chi connectivity index (χ0) is 28.1. The summed E-state index contributed by atoms with van der Waals surface area (Å²) in [6.45, 7) is 6.52. The predicted octanol–water partition coefficient (Wildman–Crippen LogP) is 4.35. The Bertz CT molecular complexity index is 1260. The number of likely N-dealkylation sites (tertiary alicyclic amines) is 1. The molecule has 1 spiro atoms. The summed E-state index contributed by atoms with van der Waals surface area (Å²) in [5, 5.41) is 0. The summed E-state index contributed by atoms with van der Waals surface area (Å²) in [5.74, 6) is -0.405. The highest BCUT2D eigenvalue weighted by Crippen LogP contribution is 2.40. The predicted molar refractivity (Wildman–Crippen MR) is 157 cm³/mol. The second-order valence-electron chi connectivity index (χ2n) is 10.6. The van der Waals surface area contributed by atoms with Crippen molar-refractivity contribution in [2.24, 2.45) is 0 Å². The molecule has 7 nitrogen and oxygen atoms in total. The summed E-state index contributed by atoms with van der Waals surface area (Å²) in [5.41, 5.74) is 2.10. The van der Waals surface area contributed by atoms with Gasteiger partial charge in [-0.25, -0.2) is 0 Å². The number of piperidine rings is 1. The maximum absolute atomic E-state index is 14.1. The van der Waals surface area contributed by atoms with Crippen LogP contribution in [0, 0.1) is 0 Å². The Labute approximate surface area is 237 Å². The van der Waals surface area contributed by atoms with Crippen LogP contribution in [0.4, 0.5) is 5.69 Å². The van der Waals surface area contributed by atoms with Gasteiger partial charge < -0.3 is 19.6 Å². The standard InChI is InChI=1S/C33H38N4O3/c1-3-34(4-2)29(38)24-36-25-37(28-18-12-7-13-19-28)33(32(36)40)20-22-35(23-21-33)31(39)30(26-14-8-5-9-15-26)27-16-10-6-11-17-27/h5-19,30H,3-4,20-25H2,1-2H3. The highest BCUT2D eigenvalue weighted by Gasteiger charge is 2.54. The Hall–Kier alpha value is -4.13. The van der Waals surface area contributed by atoms with Gasteiger partial charge in [0.1, 0.15) is 12.1 Å². The molecule has 7 heteroatoms. The number of nitrogens with zero attached hydrogens (tertiary/aromatic N) is 4. The molecular weight excluding hydrogens is 500 g/mol. The van der Waals surface area contributed by atoms with Crippen molar-refractivity contribution in [1.82, 2.24) is 14.7 Å². The molecule has 0 aromatic heterocycles. The third kappa shape index (κ3) is 5.20. The molecule has 2 fully saturated rings. The van der Waals surface area contributed by atoms with Gasteiger partial charge in [0.25, 0.3) is 5.91 Å². The van der Waals surface area contributed by atoms with Crippen LogP contribution in [0.3, 0.4) is 0 Å². The van der Waals surface area contributed by atoms with Gasteiger partial charge in [0.2, 0.25) is 11.8 Å². The fraction of sp³-hybridized carbons (Fsp3) is 0.364. The van der Waals surface area contributed by atoms with E-state index >= 15 is 0 Å². The van der Waals surface area contributed by atoms with Crippen molar-refractivity contribution < 1.29 is 14.4 Å². The summed E-state index contributed by atoms with van der Waals surface area (Å²) >= 11 is 0. The molecule has 0 radical (unpaired) electrons. The minimum atomic E-state index is -0.781. The summed E-state index contributed by atoms with van der Waals surface area (Å²) in [6.07, 6.45) is 1.03. The van der Waals surface area contributed by atoms with Crippen molar-refractivity contribution in [2.75, 3.05) is 44.3 Å². The van der Waals surface area contributed by atoms with E-state index in [9.17, 15) is 14.4 Å². The van der Waals surface area contributed by atoms with Crippen LogP contribution in [-0.4, -0.2) is 77.4 Å². The molecule has 40 heavy (non-hydrogen) atoms. The third-order valence-corrected chi connectivity index (χ3v) is 8.44. The quantitative estimate of drug-likeness (QED) is 0.428. The molecule has 3 aromatic rings. The van der Waals surface area contributed by atoms with Gasteiger partial charge in [0.05, 0.1) is 12.6 Å². The molecule has 0 unspecified atom stereocenters. The van der Waals surface area contributed by atoms with Crippen LogP contribution < -0.4 is 4.90 Å². The molecule has 0 atom stereocenters. The summed E-state index contributed by atoms with van der Waals surface area (Å²) in [6, 6.07) is 29.7. The third-order valence-electron chi connectivity index (χ3n) is 8.44. The van der Waals surface area contributed by atoms with E-state index in [1.54, 1.807) is 9.80 Å². The number of benzene rings is 3. The van der Waals surface area contributed by atoms with Gasteiger partial charge in [0, 0.05) is 31.9 Å². The molecule has 5 rings (SSSR count). The number of hydrogen-bond acceptors (Lipinski definition) is 4. The number of anilines is 1. The average Bonchev–Trinajstić information content (AvgIpc) is 3.26. The van der Waals surface area contributed by atoms with Crippen LogP contribution in [0.2, 0.25) is 0 Å². The lowest BCUT2D eigenvalue weighted by Gasteiger charge is -2.44. The Kier molecular flexibility index (Phi) is 8.19. The molecule has 0 aliphatic carbocycles. The summed E-state index contributed by atoms with van der Waals surface area (Å²) in [4.78, 5) is 48.6. The van der Waals surface area contributed by atoms with Gasteiger partial charge in [-0.2, -0.15) is 0 Å². The van der Waals surface area contributed by atoms with E-state index in [0.29, 0.717) is 45.7 Å². The maximum Gasteiger partial charge on any atom is 0.250 e. The second kappa shape index (κ2) is 11.9. The lowest BCUT2D eigenvalue weighted by molar-refractivity contribution is -0.142. The number of rotatable bonds is 8. The normalized spacial score (nSPS) is 16.6. The number of carbonyl (C=O) groups is 3. The highest BCUT2D eigenvalue weighted by atomic mass is 16.2. The fourth-order valence-corrected chi connectivity index (χ4v) is 6.21. The zero-order valence-electron chi connectivity index (χ0n) is 23.4. The minimum Gasteiger partial charge on any atom is -0.342 e. The second-order valence-corrected chi connectivity index (χ2v) is 10.6. The van der Waals surface area contributed by atoms with Crippen molar-refractivity contribution in [3.05, 3.63) is 102 Å². The van der Waals surface area contributed by atoms with Crippen molar-refractivity contribution in [1.29, 1.82) is 0 Å². The fourth-order valence-electron chi connectivity index (χ4n) is 6.21. The Morgan fingerprint density at radius 1 is 0.800 bits per heavy atom. The van der Waals surface area contributed by atoms with E-state index in [0.717, 1.165) is 16.8 Å². The first-order valence-electron chi connectivity index (χ1n) is 14.3. The Balaban J connectivity index is 1.39. The molecule has 2 heterocycles. The van der Waals surface area contributed by atoms with Crippen LogP contribution in [0.1, 0.15) is 43.7 Å². The molecule has 2 aliphatic heterocycles. The molecule has 0 N–H and O–H groups in total. The number of carbonyl (C=O) groups excluding carboxylic acids is 3. The van der Waals surface area contributed by atoms with E-state index in [-0.39, 0.29) is 24.3 Å². The smallest absolute Gasteiger partial charge is 0.250 e. The van der Waals surface area contributed by atoms with E-state index in [1.165, 1.54) is 0 Å². The SMILES string of the molecule is CCN(CC)C(=O)CN1CN(c2ccccc2)C2(CCN(C(=O)C(c3ccccc3)c3ccccc3)CC2)C1=O. The first-order valence-corrected chi connectivity index (χ1v) is 14.3. The van der Waals surface area contributed by atoms with Crippen molar-refractivity contribution >= 4 is 23.4 Å². The van der Waals surface area contributed by atoms with Crippen molar-refractivity contribution in [2.45, 2.75) is 38.1 Å². The zero-order valence-corrected chi connectivity index (χ0v) is 23.4. The van der Waals surface area contributed by atoms with Crippen molar-refractivity contribution in [3.8, 4) is 0 Å². The number of likely N-dealkylation sites (N-methyl/N-ethyl adjacent to an activating group) is 1. The topological polar surface area (TPSA) is 64.2 Å². The molecule has 3 amide bonds. The molecule has 2 saturated heterocycles. The minimum absolute atomic E-state index is 0.0216. The Morgan fingerprint density at radius 3 is 1.80 bits per heavy atom. The summed E-state index contributed by atoms with van der Waals surface area (Å²) < 4.78 is 0. The van der Waals surface area contributed by atoms with Gasteiger partial charge in [-0.05, 0) is 49.9 Å². The van der Waals surface area contributed by atoms with E-state index in [1.807, 2.05) is 110 Å². The largest absolute Gasteiger partial charge is 0.342 e. The van der Waals surface area contributed by atoms with Gasteiger partial charge in [-0.15, -0.1) is 0 Å². The van der Waals surface area contributed by atoms with Crippen LogP contribution in [-0.2, 0) is 14.4 Å². The monoisotopic (exact) mass is 538 g/mol. The van der Waals surface area contributed by atoms with Gasteiger partial charge in [-0.3, -0.25) is 14.4 Å². The number of para-hydroxylation sites is 1. The lowest BCUT2D eigenvalue weighted by Crippen LogP contribution is -2.58. The van der Waals surface area contributed by atoms with E-state index in [2.05, 4.69) is 4.90 Å². The lowest BCUT2D eigenvalue weighted by atomic mass is 9.83. The Morgan fingerprint density at radius 2 is 1.30 bits per heavy atom. The van der Waals surface area contributed by atoms with Crippen molar-refractivity contribution in [3.63, 3.8) is 0 Å². The van der Waals surface area contributed by atoms with E-state index in [4.69, 9.17) is 0 Å². The average molecular weight is 539 g/mol. The number of amides is 3. The first-order chi connectivity index (χ1) is 19.5. The maximum atomic E-state index is 14.1. The van der Waals surface area contributed by atoms with Crippen LogP contribution in [0.15, 0.2) is 91.0 Å². The molecule has 3 aromatic carbocycles. The van der Waals surface area contributed by atoms with Gasteiger partial charge >= 0.3 is 0 Å². The van der Waals surface area contributed by atoms with E-state index < -0.39 is 11.5 Å². The van der Waals surface area contributed by atoms with Gasteiger partial charge in [-0.1, -0.05) is 78.9 Å². The molecule has 2 aliphatic rings. The molecular formula is C33H38N4O3. The molecule has 0 saturated carbocycles. The highest BCUT2D eigenvalue weighted by molar-refractivity contribution is 5.96. The molecule has 0 bridgehead atoms.